The quantitative estimate of drug-likeness (QED) is 0.489. The van der Waals surface area contributed by atoms with Gasteiger partial charge in [-0.1, -0.05) is 12.1 Å². The molecule has 0 unspecified atom stereocenters. The van der Waals surface area contributed by atoms with Gasteiger partial charge in [-0.2, -0.15) is 0 Å². The maximum Gasteiger partial charge on any atom is 0.311 e. The molecule has 1 saturated heterocycles. The standard InChI is InChI=1S/C27H26N2O6/c1-18-4-3-5-20(14-18)28-25(30)17-34-27(32)19-15-26(31)29(16-19)21-6-8-23(9-7-21)35-24-12-10-22(33-2)11-13-24/h3-14,19H,15-17H2,1-2H3,(H,28,30)/t19-/m0/s1. The van der Waals surface area contributed by atoms with Gasteiger partial charge in [0.15, 0.2) is 6.61 Å². The van der Waals surface area contributed by atoms with Crippen LogP contribution in [0.1, 0.15) is 12.0 Å². The van der Waals surface area contributed by atoms with Crippen molar-refractivity contribution in [3.8, 4) is 17.2 Å². The second kappa shape index (κ2) is 10.7. The van der Waals surface area contributed by atoms with Gasteiger partial charge in [-0.15, -0.1) is 0 Å². The molecule has 35 heavy (non-hydrogen) atoms. The van der Waals surface area contributed by atoms with Crippen molar-refractivity contribution in [2.45, 2.75) is 13.3 Å². The number of carbonyl (C=O) groups is 3. The van der Waals surface area contributed by atoms with Crippen molar-refractivity contribution < 1.29 is 28.6 Å². The highest BCUT2D eigenvalue weighted by Crippen LogP contribution is 2.29. The summed E-state index contributed by atoms with van der Waals surface area (Å²) in [7, 11) is 1.60. The van der Waals surface area contributed by atoms with Crippen LogP contribution in [-0.4, -0.2) is 38.0 Å². The van der Waals surface area contributed by atoms with Gasteiger partial charge in [0.1, 0.15) is 17.2 Å². The van der Waals surface area contributed by atoms with E-state index in [-0.39, 0.29) is 18.9 Å². The van der Waals surface area contributed by atoms with Crippen molar-refractivity contribution in [3.05, 3.63) is 78.4 Å². The van der Waals surface area contributed by atoms with Gasteiger partial charge in [-0.05, 0) is 73.2 Å². The Bertz CT molecular complexity index is 1210. The maximum atomic E-state index is 12.5. The summed E-state index contributed by atoms with van der Waals surface area (Å²) in [5.74, 6) is 0.188. The number of amides is 2. The summed E-state index contributed by atoms with van der Waals surface area (Å²) in [6, 6.07) is 21.6. The van der Waals surface area contributed by atoms with Crippen molar-refractivity contribution >= 4 is 29.2 Å². The van der Waals surface area contributed by atoms with E-state index in [9.17, 15) is 14.4 Å². The van der Waals surface area contributed by atoms with Crippen LogP contribution in [0.15, 0.2) is 72.8 Å². The second-order valence-corrected chi connectivity index (χ2v) is 8.20. The van der Waals surface area contributed by atoms with E-state index in [2.05, 4.69) is 5.32 Å². The topological polar surface area (TPSA) is 94.2 Å². The average molecular weight is 475 g/mol. The number of aryl methyl sites for hydroxylation is 1. The van der Waals surface area contributed by atoms with E-state index in [4.69, 9.17) is 14.2 Å². The summed E-state index contributed by atoms with van der Waals surface area (Å²) in [5.41, 5.74) is 2.29. The first kappa shape index (κ1) is 23.8. The molecule has 3 aromatic rings. The fourth-order valence-electron chi connectivity index (χ4n) is 3.76. The van der Waals surface area contributed by atoms with Crippen LogP contribution in [-0.2, 0) is 19.1 Å². The fourth-order valence-corrected chi connectivity index (χ4v) is 3.76. The number of ether oxygens (including phenoxy) is 3. The molecule has 0 aliphatic carbocycles. The third-order valence-corrected chi connectivity index (χ3v) is 5.55. The molecule has 1 heterocycles. The molecule has 1 N–H and O–H groups in total. The minimum absolute atomic E-state index is 0.0302. The molecular formula is C27H26N2O6. The largest absolute Gasteiger partial charge is 0.497 e. The normalized spacial score (nSPS) is 15.0. The zero-order chi connectivity index (χ0) is 24.8. The predicted molar refractivity (Wildman–Crippen MR) is 131 cm³/mol. The summed E-state index contributed by atoms with van der Waals surface area (Å²) < 4.78 is 16.1. The summed E-state index contributed by atoms with van der Waals surface area (Å²) in [6.07, 6.45) is 0.0302. The van der Waals surface area contributed by atoms with E-state index in [0.717, 1.165) is 11.3 Å². The van der Waals surface area contributed by atoms with Crippen molar-refractivity contribution in [1.82, 2.24) is 0 Å². The molecule has 0 aromatic heterocycles. The first-order valence-corrected chi connectivity index (χ1v) is 11.2. The SMILES string of the molecule is COc1ccc(Oc2ccc(N3C[C@@H](C(=O)OCC(=O)Nc4cccc(C)c4)CC3=O)cc2)cc1. The molecule has 180 valence electrons. The number of hydrogen-bond donors (Lipinski definition) is 1. The van der Waals surface area contributed by atoms with Crippen molar-refractivity contribution in [2.75, 3.05) is 30.5 Å². The van der Waals surface area contributed by atoms with E-state index in [1.807, 2.05) is 25.1 Å². The highest BCUT2D eigenvalue weighted by Gasteiger charge is 2.36. The molecule has 1 aliphatic rings. The summed E-state index contributed by atoms with van der Waals surface area (Å²) in [6.45, 7) is 1.70. The Balaban J connectivity index is 1.29. The van der Waals surface area contributed by atoms with E-state index in [0.29, 0.717) is 22.9 Å². The van der Waals surface area contributed by atoms with Gasteiger partial charge in [0.25, 0.3) is 5.91 Å². The van der Waals surface area contributed by atoms with Crippen molar-refractivity contribution in [2.24, 2.45) is 5.92 Å². The molecule has 4 rings (SSSR count). The van der Waals surface area contributed by atoms with Crippen LogP contribution in [0, 0.1) is 12.8 Å². The molecule has 1 fully saturated rings. The number of methoxy groups -OCH3 is 1. The average Bonchev–Trinajstić information content (AvgIpc) is 3.25. The van der Waals surface area contributed by atoms with Gasteiger partial charge >= 0.3 is 5.97 Å². The van der Waals surface area contributed by atoms with E-state index in [1.54, 1.807) is 61.7 Å². The Morgan fingerprint density at radius 1 is 0.971 bits per heavy atom. The van der Waals surface area contributed by atoms with Crippen molar-refractivity contribution in [3.63, 3.8) is 0 Å². The minimum atomic E-state index is -0.635. The van der Waals surface area contributed by atoms with Gasteiger partial charge < -0.3 is 24.4 Å². The lowest BCUT2D eigenvalue weighted by atomic mass is 10.1. The number of nitrogens with zero attached hydrogens (tertiary/aromatic N) is 1. The molecule has 3 aromatic carbocycles. The first-order chi connectivity index (χ1) is 16.9. The second-order valence-electron chi connectivity index (χ2n) is 8.20. The maximum absolute atomic E-state index is 12.5. The van der Waals surface area contributed by atoms with Gasteiger partial charge in [0.2, 0.25) is 5.91 Å². The van der Waals surface area contributed by atoms with Crippen LogP contribution in [0.3, 0.4) is 0 Å². The predicted octanol–water partition coefficient (Wildman–Crippen LogP) is 4.33. The van der Waals surface area contributed by atoms with Gasteiger partial charge in [0, 0.05) is 24.3 Å². The molecule has 0 bridgehead atoms. The highest BCUT2D eigenvalue weighted by molar-refractivity contribution is 6.00. The lowest BCUT2D eigenvalue weighted by Crippen LogP contribution is -2.28. The molecule has 8 heteroatoms. The Morgan fingerprint density at radius 2 is 1.63 bits per heavy atom. The van der Waals surface area contributed by atoms with Crippen LogP contribution in [0.5, 0.6) is 17.2 Å². The third-order valence-electron chi connectivity index (χ3n) is 5.55. The van der Waals surface area contributed by atoms with Gasteiger partial charge in [-0.25, -0.2) is 0 Å². The monoisotopic (exact) mass is 474 g/mol. The smallest absolute Gasteiger partial charge is 0.311 e. The van der Waals surface area contributed by atoms with E-state index < -0.39 is 24.4 Å². The number of hydrogen-bond acceptors (Lipinski definition) is 6. The molecule has 8 nitrogen and oxygen atoms in total. The van der Waals surface area contributed by atoms with Gasteiger partial charge in [0.05, 0.1) is 13.0 Å². The number of rotatable bonds is 8. The lowest BCUT2D eigenvalue weighted by Gasteiger charge is -2.17. The molecule has 0 spiro atoms. The zero-order valence-electron chi connectivity index (χ0n) is 19.5. The summed E-state index contributed by atoms with van der Waals surface area (Å²) >= 11 is 0. The Hall–Kier alpha value is -4.33. The van der Waals surface area contributed by atoms with Crippen LogP contribution >= 0.6 is 0 Å². The Labute approximate surface area is 203 Å². The molecular weight excluding hydrogens is 448 g/mol. The molecule has 0 radical (unpaired) electrons. The van der Waals surface area contributed by atoms with Crippen molar-refractivity contribution in [1.29, 1.82) is 0 Å². The van der Waals surface area contributed by atoms with E-state index in [1.165, 1.54) is 4.90 Å². The Kier molecular flexibility index (Phi) is 7.30. The first-order valence-electron chi connectivity index (χ1n) is 11.2. The number of nitrogens with one attached hydrogen (secondary N) is 1. The number of carbonyl (C=O) groups excluding carboxylic acids is 3. The molecule has 1 atom stereocenters. The number of anilines is 2. The highest BCUT2D eigenvalue weighted by atomic mass is 16.5. The van der Waals surface area contributed by atoms with Gasteiger partial charge in [-0.3, -0.25) is 14.4 Å². The fraction of sp³-hybridized carbons (Fsp3) is 0.222. The van der Waals surface area contributed by atoms with Crippen LogP contribution in [0.2, 0.25) is 0 Å². The van der Waals surface area contributed by atoms with E-state index >= 15 is 0 Å². The third kappa shape index (κ3) is 6.17. The zero-order valence-corrected chi connectivity index (χ0v) is 19.5. The molecule has 1 aliphatic heterocycles. The lowest BCUT2D eigenvalue weighted by molar-refractivity contribution is -0.151. The summed E-state index contributed by atoms with van der Waals surface area (Å²) in [4.78, 5) is 38.6. The Morgan fingerprint density at radius 3 is 2.29 bits per heavy atom. The summed E-state index contributed by atoms with van der Waals surface area (Å²) in [5, 5.41) is 2.69. The molecule has 0 saturated carbocycles. The van der Waals surface area contributed by atoms with Crippen LogP contribution < -0.4 is 19.7 Å². The number of benzene rings is 3. The van der Waals surface area contributed by atoms with Crippen LogP contribution in [0.25, 0.3) is 0 Å². The number of esters is 1. The van der Waals surface area contributed by atoms with Crippen LogP contribution in [0.4, 0.5) is 11.4 Å². The minimum Gasteiger partial charge on any atom is -0.497 e. The molecule has 2 amide bonds.